The number of halogens is 1. The standard InChI is InChI=1S/C23H26FN3O3S/c1-15-3-5-18(23(29)27-11-12-31-14-27)21(25-15)16-7-9-26(10-8-16)22(28)17-4-6-20(30-2)19(24)13-17/h3-6,13,16H,7-12,14H2,1-2H3. The minimum atomic E-state index is -0.546. The van der Waals surface area contributed by atoms with Gasteiger partial charge in [0.2, 0.25) is 0 Å². The molecule has 1 aromatic heterocycles. The summed E-state index contributed by atoms with van der Waals surface area (Å²) in [7, 11) is 1.39. The summed E-state index contributed by atoms with van der Waals surface area (Å²) in [5.74, 6) is 1.22. The maximum atomic E-state index is 14.0. The second-order valence-corrected chi connectivity index (χ2v) is 8.98. The molecular formula is C23H26FN3O3S. The van der Waals surface area contributed by atoms with Gasteiger partial charge in [0.15, 0.2) is 11.6 Å². The highest BCUT2D eigenvalue weighted by Gasteiger charge is 2.30. The lowest BCUT2D eigenvalue weighted by atomic mass is 9.89. The number of benzene rings is 1. The molecule has 2 aliphatic heterocycles. The summed E-state index contributed by atoms with van der Waals surface area (Å²) in [6.45, 7) is 3.78. The number of piperidine rings is 1. The molecule has 2 amide bonds. The van der Waals surface area contributed by atoms with Gasteiger partial charge in [0.25, 0.3) is 11.8 Å². The molecule has 1 aromatic carbocycles. The SMILES string of the molecule is COc1ccc(C(=O)N2CCC(c3nc(C)ccc3C(=O)N3CCSC3)CC2)cc1F. The number of rotatable bonds is 4. The van der Waals surface area contributed by atoms with E-state index in [4.69, 9.17) is 9.72 Å². The molecule has 0 N–H and O–H groups in total. The smallest absolute Gasteiger partial charge is 0.256 e. The van der Waals surface area contributed by atoms with Crippen molar-refractivity contribution >= 4 is 23.6 Å². The lowest BCUT2D eigenvalue weighted by Crippen LogP contribution is -2.38. The largest absolute Gasteiger partial charge is 0.494 e. The van der Waals surface area contributed by atoms with E-state index in [1.807, 2.05) is 24.0 Å². The summed E-state index contributed by atoms with van der Waals surface area (Å²) >= 11 is 1.76. The van der Waals surface area contributed by atoms with Crippen LogP contribution in [0.25, 0.3) is 0 Å². The van der Waals surface area contributed by atoms with Crippen LogP contribution in [0.15, 0.2) is 30.3 Å². The Hall–Kier alpha value is -2.61. The van der Waals surface area contributed by atoms with Crippen molar-refractivity contribution in [3.63, 3.8) is 0 Å². The average Bonchev–Trinajstić information content (AvgIpc) is 3.33. The molecule has 0 saturated carbocycles. The maximum Gasteiger partial charge on any atom is 0.256 e. The third-order valence-electron chi connectivity index (χ3n) is 5.90. The number of aromatic nitrogens is 1. The van der Waals surface area contributed by atoms with Crippen molar-refractivity contribution < 1.29 is 18.7 Å². The zero-order chi connectivity index (χ0) is 22.0. The number of carbonyl (C=O) groups excluding carboxylic acids is 2. The van der Waals surface area contributed by atoms with Gasteiger partial charge < -0.3 is 14.5 Å². The Kier molecular flexibility index (Phi) is 6.46. The average molecular weight is 444 g/mol. The molecular weight excluding hydrogens is 417 g/mol. The Bertz CT molecular complexity index is 986. The van der Waals surface area contributed by atoms with Crippen LogP contribution in [-0.2, 0) is 0 Å². The molecule has 2 aromatic rings. The van der Waals surface area contributed by atoms with E-state index in [9.17, 15) is 14.0 Å². The van der Waals surface area contributed by atoms with Crippen LogP contribution in [0.2, 0.25) is 0 Å². The molecule has 31 heavy (non-hydrogen) atoms. The first-order chi connectivity index (χ1) is 15.0. The molecule has 0 radical (unpaired) electrons. The molecule has 0 spiro atoms. The van der Waals surface area contributed by atoms with E-state index in [0.717, 1.165) is 42.4 Å². The molecule has 3 heterocycles. The van der Waals surface area contributed by atoms with Crippen molar-refractivity contribution in [3.05, 3.63) is 58.7 Å². The summed E-state index contributed by atoms with van der Waals surface area (Å²) in [6.07, 6.45) is 1.44. The van der Waals surface area contributed by atoms with Gasteiger partial charge in [-0.05, 0) is 50.1 Å². The highest BCUT2D eigenvalue weighted by molar-refractivity contribution is 7.99. The Morgan fingerprint density at radius 2 is 1.87 bits per heavy atom. The fourth-order valence-electron chi connectivity index (χ4n) is 4.15. The number of aryl methyl sites for hydroxylation is 1. The molecule has 2 saturated heterocycles. The molecule has 0 atom stereocenters. The van der Waals surface area contributed by atoms with Crippen LogP contribution in [0.5, 0.6) is 5.75 Å². The van der Waals surface area contributed by atoms with Crippen molar-refractivity contribution in [3.8, 4) is 5.75 Å². The summed E-state index contributed by atoms with van der Waals surface area (Å²) in [5.41, 5.74) is 2.71. The van der Waals surface area contributed by atoms with Crippen LogP contribution in [0.1, 0.15) is 50.9 Å². The molecule has 0 aliphatic carbocycles. The van der Waals surface area contributed by atoms with Crippen molar-refractivity contribution in [2.24, 2.45) is 0 Å². The third kappa shape index (κ3) is 4.54. The molecule has 0 unspecified atom stereocenters. The van der Waals surface area contributed by atoms with Gasteiger partial charge >= 0.3 is 0 Å². The molecule has 0 bridgehead atoms. The van der Waals surface area contributed by atoms with E-state index < -0.39 is 5.82 Å². The highest BCUT2D eigenvalue weighted by atomic mass is 32.2. The van der Waals surface area contributed by atoms with Gasteiger partial charge in [-0.15, -0.1) is 11.8 Å². The zero-order valence-electron chi connectivity index (χ0n) is 17.8. The number of ether oxygens (including phenoxy) is 1. The number of pyridine rings is 1. The van der Waals surface area contributed by atoms with Crippen LogP contribution in [0, 0.1) is 12.7 Å². The van der Waals surface area contributed by atoms with Gasteiger partial charge in [0, 0.05) is 42.6 Å². The summed E-state index contributed by atoms with van der Waals surface area (Å²) in [5, 5.41) is 0. The van der Waals surface area contributed by atoms with Crippen molar-refractivity contribution in [2.45, 2.75) is 25.7 Å². The Labute approximate surface area is 185 Å². The van der Waals surface area contributed by atoms with Crippen LogP contribution >= 0.6 is 11.8 Å². The van der Waals surface area contributed by atoms with Gasteiger partial charge in [-0.3, -0.25) is 14.6 Å². The maximum absolute atomic E-state index is 14.0. The number of thioether (sulfide) groups is 1. The topological polar surface area (TPSA) is 62.7 Å². The number of carbonyl (C=O) groups is 2. The van der Waals surface area contributed by atoms with Gasteiger partial charge in [0.05, 0.1) is 24.2 Å². The second-order valence-electron chi connectivity index (χ2n) is 7.91. The number of nitrogens with zero attached hydrogens (tertiary/aromatic N) is 3. The predicted molar refractivity (Wildman–Crippen MR) is 118 cm³/mol. The van der Waals surface area contributed by atoms with Crippen molar-refractivity contribution in [1.82, 2.24) is 14.8 Å². The van der Waals surface area contributed by atoms with Gasteiger partial charge in [-0.2, -0.15) is 0 Å². The minimum absolute atomic E-state index is 0.0414. The third-order valence-corrected chi connectivity index (χ3v) is 6.87. The van der Waals surface area contributed by atoms with E-state index in [1.165, 1.54) is 19.2 Å². The highest BCUT2D eigenvalue weighted by Crippen LogP contribution is 2.31. The quantitative estimate of drug-likeness (QED) is 0.721. The summed E-state index contributed by atoms with van der Waals surface area (Å²) < 4.78 is 18.9. The number of methoxy groups -OCH3 is 1. The molecule has 6 nitrogen and oxygen atoms in total. The zero-order valence-corrected chi connectivity index (χ0v) is 18.6. The predicted octanol–water partition coefficient (Wildman–Crippen LogP) is 3.70. The fraction of sp³-hybridized carbons (Fsp3) is 0.435. The first-order valence-corrected chi connectivity index (χ1v) is 11.6. The first-order valence-electron chi connectivity index (χ1n) is 10.5. The van der Waals surface area contributed by atoms with Crippen LogP contribution < -0.4 is 4.74 Å². The molecule has 2 aliphatic rings. The van der Waals surface area contributed by atoms with Gasteiger partial charge in [-0.25, -0.2) is 4.39 Å². The van der Waals surface area contributed by atoms with Crippen LogP contribution in [-0.4, -0.2) is 65.0 Å². The first kappa shape index (κ1) is 21.6. The summed E-state index contributed by atoms with van der Waals surface area (Å²) in [4.78, 5) is 34.2. The fourth-order valence-corrected chi connectivity index (χ4v) is 5.10. The Morgan fingerprint density at radius 1 is 1.10 bits per heavy atom. The number of hydrogen-bond donors (Lipinski definition) is 0. The molecule has 8 heteroatoms. The lowest BCUT2D eigenvalue weighted by molar-refractivity contribution is 0.0707. The van der Waals surface area contributed by atoms with E-state index in [-0.39, 0.29) is 23.5 Å². The Balaban J connectivity index is 1.47. The van der Waals surface area contributed by atoms with Gasteiger partial charge in [-0.1, -0.05) is 0 Å². The second kappa shape index (κ2) is 9.26. The van der Waals surface area contributed by atoms with Crippen molar-refractivity contribution in [1.29, 1.82) is 0 Å². The van der Waals surface area contributed by atoms with E-state index in [0.29, 0.717) is 24.2 Å². The lowest BCUT2D eigenvalue weighted by Gasteiger charge is -2.33. The number of hydrogen-bond acceptors (Lipinski definition) is 5. The van der Waals surface area contributed by atoms with Crippen LogP contribution in [0.4, 0.5) is 4.39 Å². The van der Waals surface area contributed by atoms with Gasteiger partial charge in [0.1, 0.15) is 0 Å². The normalized spacial score (nSPS) is 17.1. The molecule has 4 rings (SSSR count). The van der Waals surface area contributed by atoms with E-state index in [2.05, 4.69) is 0 Å². The Morgan fingerprint density at radius 3 is 2.52 bits per heavy atom. The minimum Gasteiger partial charge on any atom is -0.494 e. The van der Waals surface area contributed by atoms with E-state index >= 15 is 0 Å². The number of likely N-dealkylation sites (tertiary alicyclic amines) is 1. The molecule has 2 fully saturated rings. The molecule has 164 valence electrons. The van der Waals surface area contributed by atoms with Crippen molar-refractivity contribution in [2.75, 3.05) is 38.4 Å². The number of amides is 2. The monoisotopic (exact) mass is 443 g/mol. The van der Waals surface area contributed by atoms with E-state index in [1.54, 1.807) is 22.7 Å². The van der Waals surface area contributed by atoms with Crippen LogP contribution in [0.3, 0.4) is 0 Å². The summed E-state index contributed by atoms with van der Waals surface area (Å²) in [6, 6.07) is 8.06.